The van der Waals surface area contributed by atoms with Crippen molar-refractivity contribution >= 4 is 40.6 Å². The molecular formula is C40H55N3O9. The first-order valence-corrected chi connectivity index (χ1v) is 18.1. The number of hydrogen-bond acceptors (Lipinski definition) is 11. The van der Waals surface area contributed by atoms with Crippen LogP contribution in [-0.4, -0.2) is 39.9 Å². The number of nitro groups is 1. The van der Waals surface area contributed by atoms with E-state index in [9.17, 15) is 29.3 Å². The van der Waals surface area contributed by atoms with E-state index < -0.39 is 46.0 Å². The number of carbonyl (C=O) groups excluding carboxylic acids is 4. The van der Waals surface area contributed by atoms with Gasteiger partial charge in [-0.25, -0.2) is 9.59 Å². The number of carbonyl (C=O) groups is 4. The van der Waals surface area contributed by atoms with Crippen LogP contribution < -0.4 is 4.74 Å². The minimum absolute atomic E-state index is 0.0110. The molecule has 2 aromatic carbocycles. The number of rotatable bonds is 20. The summed E-state index contributed by atoms with van der Waals surface area (Å²) in [6.45, 7) is 18.8. The molecule has 0 fully saturated rings. The number of nitro benzene ring substituents is 1. The number of benzene rings is 2. The van der Waals surface area contributed by atoms with Crippen LogP contribution in [0, 0.1) is 33.3 Å². The molecule has 0 heterocycles. The van der Waals surface area contributed by atoms with Crippen molar-refractivity contribution in [2.45, 2.75) is 121 Å². The van der Waals surface area contributed by atoms with Gasteiger partial charge in [0.1, 0.15) is 17.2 Å². The highest BCUT2D eigenvalue weighted by atomic mass is 16.7. The van der Waals surface area contributed by atoms with Gasteiger partial charge in [0.2, 0.25) is 17.3 Å². The summed E-state index contributed by atoms with van der Waals surface area (Å²) in [6, 6.07) is 8.70. The smallest absolute Gasteiger partial charge is 0.337 e. The molecule has 0 N–H and O–H groups in total. The average Bonchev–Trinajstić information content (AvgIpc) is 3.07. The van der Waals surface area contributed by atoms with Gasteiger partial charge in [-0.1, -0.05) is 98.8 Å². The fourth-order valence-corrected chi connectivity index (χ4v) is 4.77. The summed E-state index contributed by atoms with van der Waals surface area (Å²) in [5.41, 5.74) is 0.428. The van der Waals surface area contributed by atoms with E-state index in [1.165, 1.54) is 12.1 Å². The number of hydrogen-bond donors (Lipinski definition) is 0. The van der Waals surface area contributed by atoms with E-state index in [1.807, 2.05) is 27.7 Å². The van der Waals surface area contributed by atoms with Gasteiger partial charge >= 0.3 is 17.6 Å². The molecule has 0 amide bonds. The predicted octanol–water partition coefficient (Wildman–Crippen LogP) is 9.86. The summed E-state index contributed by atoms with van der Waals surface area (Å²) in [5, 5.41) is 20.1. The van der Waals surface area contributed by atoms with Crippen molar-refractivity contribution in [3.8, 4) is 11.5 Å². The third kappa shape index (κ3) is 14.1. The molecule has 12 nitrogen and oxygen atoms in total. The van der Waals surface area contributed by atoms with E-state index in [-0.39, 0.29) is 34.6 Å². The van der Waals surface area contributed by atoms with Crippen LogP contribution in [-0.2, 0) is 25.7 Å². The topological polar surface area (TPSA) is 164 Å². The lowest BCUT2D eigenvalue weighted by Gasteiger charge is -2.18. The number of oxime groups is 2. The van der Waals surface area contributed by atoms with Crippen molar-refractivity contribution in [1.29, 1.82) is 0 Å². The molecule has 0 atom stereocenters. The Balaban J connectivity index is 2.54. The normalized spacial score (nSPS) is 12.3. The third-order valence-corrected chi connectivity index (χ3v) is 8.00. The fourth-order valence-electron chi connectivity index (χ4n) is 4.77. The Morgan fingerprint density at radius 3 is 1.77 bits per heavy atom. The Kier molecular flexibility index (Phi) is 17.0. The van der Waals surface area contributed by atoms with Gasteiger partial charge in [0.25, 0.3) is 0 Å². The van der Waals surface area contributed by atoms with Crippen LogP contribution in [0.3, 0.4) is 0 Å². The summed E-state index contributed by atoms with van der Waals surface area (Å²) in [5.74, 6) is -2.31. The second-order valence-electron chi connectivity index (χ2n) is 15.2. The number of aryl methyl sites for hydroxylation is 1. The summed E-state index contributed by atoms with van der Waals surface area (Å²) in [6.07, 6.45) is 4.87. The van der Waals surface area contributed by atoms with E-state index in [1.54, 1.807) is 45.9 Å². The van der Waals surface area contributed by atoms with Gasteiger partial charge in [-0.2, -0.15) is 0 Å². The minimum atomic E-state index is -0.636. The molecule has 0 saturated carbocycles. The van der Waals surface area contributed by atoms with E-state index in [4.69, 9.17) is 14.4 Å². The molecule has 0 aliphatic rings. The largest absolute Gasteiger partial charge is 0.450 e. The van der Waals surface area contributed by atoms with Crippen molar-refractivity contribution in [2.75, 3.05) is 0 Å². The monoisotopic (exact) mass is 721 g/mol. The summed E-state index contributed by atoms with van der Waals surface area (Å²) < 4.78 is 6.16. The Morgan fingerprint density at radius 2 is 1.29 bits per heavy atom. The first-order valence-electron chi connectivity index (χ1n) is 18.1. The molecule has 0 aliphatic carbocycles. The maximum atomic E-state index is 13.6. The van der Waals surface area contributed by atoms with E-state index in [0.717, 1.165) is 25.3 Å². The Labute approximate surface area is 307 Å². The van der Waals surface area contributed by atoms with Crippen LogP contribution in [0.4, 0.5) is 5.69 Å². The lowest BCUT2D eigenvalue weighted by molar-refractivity contribution is -0.385. The van der Waals surface area contributed by atoms with E-state index in [2.05, 4.69) is 24.2 Å². The molecule has 0 bridgehead atoms. The SMILES string of the molecule is CCC/C(=N\OC(=O)C(C)C)C(=O)c1ccc(Oc2ccc(C(=O)/C(CCC(C)(C)C)=N/OC(=O)C(C)C)cc2[N+](=O)[O-])c(CCCCC(C)C)c1. The highest BCUT2D eigenvalue weighted by Gasteiger charge is 2.26. The third-order valence-electron chi connectivity index (χ3n) is 8.00. The lowest BCUT2D eigenvalue weighted by Crippen LogP contribution is -2.20. The van der Waals surface area contributed by atoms with Crippen molar-refractivity contribution in [2.24, 2.45) is 33.5 Å². The molecule has 0 radical (unpaired) electrons. The Hall–Kier alpha value is -4.74. The van der Waals surface area contributed by atoms with Gasteiger partial charge in [0.05, 0.1) is 16.8 Å². The van der Waals surface area contributed by atoms with Gasteiger partial charge in [0, 0.05) is 17.2 Å². The number of ketones is 2. The highest BCUT2D eigenvalue weighted by Crippen LogP contribution is 2.35. The number of ether oxygens (including phenoxy) is 1. The molecule has 0 aromatic heterocycles. The second kappa shape index (κ2) is 20.3. The Morgan fingerprint density at radius 1 is 0.769 bits per heavy atom. The Bertz CT molecular complexity index is 1650. The molecule has 12 heteroatoms. The van der Waals surface area contributed by atoms with Crippen LogP contribution in [0.25, 0.3) is 0 Å². The fraction of sp³-hybridized carbons (Fsp3) is 0.550. The molecule has 2 rings (SSSR count). The van der Waals surface area contributed by atoms with Crippen molar-refractivity contribution in [3.63, 3.8) is 0 Å². The number of unbranched alkanes of at least 4 members (excludes halogenated alkanes) is 1. The van der Waals surface area contributed by atoms with Crippen LogP contribution in [0.1, 0.15) is 140 Å². The molecule has 0 unspecified atom stereocenters. The van der Waals surface area contributed by atoms with Gasteiger partial charge < -0.3 is 14.4 Å². The minimum Gasteiger partial charge on any atom is -0.450 e. The number of Topliss-reactive ketones (excluding diaryl/α,β-unsaturated/α-hetero) is 2. The molecule has 0 spiro atoms. The zero-order valence-corrected chi connectivity index (χ0v) is 32.4. The van der Waals surface area contributed by atoms with Crippen LogP contribution in [0.15, 0.2) is 46.7 Å². The standard InChI is InChI=1S/C40H55N3O9/c1-11-14-31(41-51-38(46)26(4)5)36(44)29-17-19-34(28(23-29)16-13-12-15-25(2)3)50-35-20-18-30(24-33(35)43(48)49)37(45)32(21-22-40(8,9)10)42-52-39(47)27(6)7/h17-20,23-27H,11-16,21-22H2,1-10H3/b41-31+,42-32+. The molecule has 52 heavy (non-hydrogen) atoms. The molecule has 0 aliphatic heterocycles. The van der Waals surface area contributed by atoms with Gasteiger partial charge in [-0.3, -0.25) is 19.7 Å². The maximum absolute atomic E-state index is 13.6. The first-order chi connectivity index (χ1) is 24.3. The van der Waals surface area contributed by atoms with Gasteiger partial charge in [-0.15, -0.1) is 0 Å². The van der Waals surface area contributed by atoms with Gasteiger partial charge in [0.15, 0.2) is 0 Å². The highest BCUT2D eigenvalue weighted by molar-refractivity contribution is 6.46. The average molecular weight is 722 g/mol. The quantitative estimate of drug-likeness (QED) is 0.0323. The first kappa shape index (κ1) is 43.4. The van der Waals surface area contributed by atoms with Crippen LogP contribution in [0.2, 0.25) is 0 Å². The zero-order chi connectivity index (χ0) is 39.2. The molecule has 284 valence electrons. The van der Waals surface area contributed by atoms with Crippen molar-refractivity contribution < 1.29 is 38.5 Å². The molecular weight excluding hydrogens is 666 g/mol. The summed E-state index contributed by atoms with van der Waals surface area (Å²) in [4.78, 5) is 73.0. The van der Waals surface area contributed by atoms with Crippen molar-refractivity contribution in [3.05, 3.63) is 63.2 Å². The summed E-state index contributed by atoms with van der Waals surface area (Å²) in [7, 11) is 0. The van der Waals surface area contributed by atoms with Gasteiger partial charge in [-0.05, 0) is 79.3 Å². The van der Waals surface area contributed by atoms with Crippen LogP contribution in [0.5, 0.6) is 11.5 Å². The van der Waals surface area contributed by atoms with E-state index in [0.29, 0.717) is 48.5 Å². The molecule has 2 aromatic rings. The molecule has 0 saturated heterocycles. The van der Waals surface area contributed by atoms with Crippen molar-refractivity contribution in [1.82, 2.24) is 0 Å². The lowest BCUT2D eigenvalue weighted by atomic mass is 9.88. The van der Waals surface area contributed by atoms with E-state index >= 15 is 0 Å². The number of nitrogens with zero attached hydrogens (tertiary/aromatic N) is 3. The zero-order valence-electron chi connectivity index (χ0n) is 32.4. The second-order valence-corrected chi connectivity index (χ2v) is 15.2. The predicted molar refractivity (Wildman–Crippen MR) is 201 cm³/mol. The maximum Gasteiger partial charge on any atom is 0.337 e. The summed E-state index contributed by atoms with van der Waals surface area (Å²) >= 11 is 0. The van der Waals surface area contributed by atoms with Crippen LogP contribution >= 0.6 is 0 Å².